The van der Waals surface area contributed by atoms with E-state index in [0.29, 0.717) is 6.04 Å². The van der Waals surface area contributed by atoms with Crippen LogP contribution in [0.2, 0.25) is 0 Å². The highest BCUT2D eigenvalue weighted by Gasteiger charge is 2.30. The molecular weight excluding hydrogens is 298 g/mol. The SMILES string of the molecule is Cc1c(Br)cccc1NC1CC(c2ccccc2)C1. The van der Waals surface area contributed by atoms with Gasteiger partial charge in [0.1, 0.15) is 0 Å². The van der Waals surface area contributed by atoms with Crippen molar-refractivity contribution in [3.05, 3.63) is 64.1 Å². The molecule has 98 valence electrons. The Morgan fingerprint density at radius 3 is 2.47 bits per heavy atom. The van der Waals surface area contributed by atoms with Crippen molar-refractivity contribution in [2.75, 3.05) is 5.32 Å². The van der Waals surface area contributed by atoms with E-state index >= 15 is 0 Å². The third kappa shape index (κ3) is 2.69. The lowest BCUT2D eigenvalue weighted by atomic mass is 9.76. The van der Waals surface area contributed by atoms with E-state index in [9.17, 15) is 0 Å². The van der Waals surface area contributed by atoms with Crippen LogP contribution in [0.5, 0.6) is 0 Å². The maximum atomic E-state index is 3.66. The van der Waals surface area contributed by atoms with Gasteiger partial charge in [0, 0.05) is 16.2 Å². The van der Waals surface area contributed by atoms with E-state index in [4.69, 9.17) is 0 Å². The number of benzene rings is 2. The zero-order valence-electron chi connectivity index (χ0n) is 11.1. The fourth-order valence-corrected chi connectivity index (χ4v) is 3.08. The lowest BCUT2D eigenvalue weighted by molar-refractivity contribution is 0.374. The van der Waals surface area contributed by atoms with Gasteiger partial charge < -0.3 is 5.32 Å². The van der Waals surface area contributed by atoms with E-state index in [2.05, 4.69) is 76.7 Å². The minimum absolute atomic E-state index is 0.609. The molecule has 1 aliphatic carbocycles. The Labute approximate surface area is 123 Å². The first-order valence-electron chi connectivity index (χ1n) is 6.80. The lowest BCUT2D eigenvalue weighted by Crippen LogP contribution is -2.34. The topological polar surface area (TPSA) is 12.0 Å². The first kappa shape index (κ1) is 12.7. The van der Waals surface area contributed by atoms with Crippen LogP contribution in [0, 0.1) is 6.92 Å². The summed E-state index contributed by atoms with van der Waals surface area (Å²) in [5, 5.41) is 3.66. The molecule has 2 heteroatoms. The second kappa shape index (κ2) is 5.38. The van der Waals surface area contributed by atoms with Gasteiger partial charge in [0.15, 0.2) is 0 Å². The first-order valence-corrected chi connectivity index (χ1v) is 7.60. The van der Waals surface area contributed by atoms with Gasteiger partial charge in [0.25, 0.3) is 0 Å². The quantitative estimate of drug-likeness (QED) is 0.829. The van der Waals surface area contributed by atoms with Gasteiger partial charge in [-0.05, 0) is 48.9 Å². The third-order valence-electron chi connectivity index (χ3n) is 4.04. The fourth-order valence-electron chi connectivity index (χ4n) is 2.72. The Morgan fingerprint density at radius 2 is 1.74 bits per heavy atom. The van der Waals surface area contributed by atoms with Gasteiger partial charge in [0.05, 0.1) is 0 Å². The Balaban J connectivity index is 1.61. The Bertz CT molecular complexity index is 559. The standard InChI is InChI=1S/C17H18BrN/c1-12-16(18)8-5-9-17(12)19-15-10-14(11-15)13-6-3-2-4-7-13/h2-9,14-15,19H,10-11H2,1H3. The minimum atomic E-state index is 0.609. The van der Waals surface area contributed by atoms with Gasteiger partial charge >= 0.3 is 0 Å². The highest BCUT2D eigenvalue weighted by molar-refractivity contribution is 9.10. The number of nitrogens with one attached hydrogen (secondary N) is 1. The summed E-state index contributed by atoms with van der Waals surface area (Å²) < 4.78 is 1.18. The van der Waals surface area contributed by atoms with Gasteiger partial charge in [-0.1, -0.05) is 52.3 Å². The Morgan fingerprint density at radius 1 is 1.00 bits per heavy atom. The van der Waals surface area contributed by atoms with Crippen molar-refractivity contribution in [3.8, 4) is 0 Å². The van der Waals surface area contributed by atoms with Crippen LogP contribution in [0.25, 0.3) is 0 Å². The summed E-state index contributed by atoms with van der Waals surface area (Å²) in [5.74, 6) is 0.728. The molecule has 1 aliphatic rings. The largest absolute Gasteiger partial charge is 0.382 e. The van der Waals surface area contributed by atoms with E-state index < -0.39 is 0 Å². The maximum absolute atomic E-state index is 3.66. The molecule has 0 aromatic heterocycles. The summed E-state index contributed by atoms with van der Waals surface area (Å²) in [7, 11) is 0. The molecule has 0 amide bonds. The normalized spacial score (nSPS) is 21.8. The fraction of sp³-hybridized carbons (Fsp3) is 0.294. The van der Waals surface area contributed by atoms with Crippen molar-refractivity contribution in [1.82, 2.24) is 0 Å². The lowest BCUT2D eigenvalue weighted by Gasteiger charge is -2.37. The monoisotopic (exact) mass is 315 g/mol. The number of halogens is 1. The van der Waals surface area contributed by atoms with Crippen LogP contribution in [-0.2, 0) is 0 Å². The third-order valence-corrected chi connectivity index (χ3v) is 4.90. The van der Waals surface area contributed by atoms with Crippen LogP contribution in [-0.4, -0.2) is 6.04 Å². The molecule has 1 N–H and O–H groups in total. The van der Waals surface area contributed by atoms with Crippen LogP contribution in [0.3, 0.4) is 0 Å². The molecular formula is C17H18BrN. The molecule has 0 aliphatic heterocycles. The minimum Gasteiger partial charge on any atom is -0.382 e. The summed E-state index contributed by atoms with van der Waals surface area (Å²) in [4.78, 5) is 0. The van der Waals surface area contributed by atoms with Crippen molar-refractivity contribution < 1.29 is 0 Å². The summed E-state index contributed by atoms with van der Waals surface area (Å²) in [6.45, 7) is 2.15. The predicted octanol–water partition coefficient (Wildman–Crippen LogP) is 5.12. The number of rotatable bonds is 3. The molecule has 1 nitrogen and oxygen atoms in total. The van der Waals surface area contributed by atoms with Crippen LogP contribution < -0.4 is 5.32 Å². The highest BCUT2D eigenvalue weighted by Crippen LogP contribution is 2.39. The smallest absolute Gasteiger partial charge is 0.0383 e. The molecule has 3 rings (SSSR count). The number of hydrogen-bond donors (Lipinski definition) is 1. The molecule has 0 spiro atoms. The van der Waals surface area contributed by atoms with Crippen molar-refractivity contribution in [3.63, 3.8) is 0 Å². The molecule has 19 heavy (non-hydrogen) atoms. The second-order valence-electron chi connectivity index (χ2n) is 5.33. The zero-order chi connectivity index (χ0) is 13.2. The molecule has 0 saturated heterocycles. The molecule has 0 radical (unpaired) electrons. The molecule has 2 aromatic carbocycles. The van der Waals surface area contributed by atoms with Gasteiger partial charge in [0.2, 0.25) is 0 Å². The van der Waals surface area contributed by atoms with Crippen molar-refractivity contribution >= 4 is 21.6 Å². The Hall–Kier alpha value is -1.28. The first-order chi connectivity index (χ1) is 9.24. The molecule has 0 atom stereocenters. The molecule has 0 unspecified atom stereocenters. The van der Waals surface area contributed by atoms with Gasteiger partial charge in [-0.25, -0.2) is 0 Å². The molecule has 1 fully saturated rings. The van der Waals surface area contributed by atoms with Gasteiger partial charge in [-0.15, -0.1) is 0 Å². The zero-order valence-corrected chi connectivity index (χ0v) is 12.7. The summed E-state index contributed by atoms with van der Waals surface area (Å²) >= 11 is 3.58. The van der Waals surface area contributed by atoms with Crippen LogP contribution in [0.4, 0.5) is 5.69 Å². The van der Waals surface area contributed by atoms with E-state index in [1.807, 2.05) is 0 Å². The Kier molecular flexibility index (Phi) is 3.61. The average Bonchev–Trinajstić information content (AvgIpc) is 2.39. The van der Waals surface area contributed by atoms with Gasteiger partial charge in [-0.3, -0.25) is 0 Å². The van der Waals surface area contributed by atoms with Crippen molar-refractivity contribution in [2.45, 2.75) is 31.7 Å². The van der Waals surface area contributed by atoms with Crippen molar-refractivity contribution in [2.24, 2.45) is 0 Å². The van der Waals surface area contributed by atoms with E-state index in [1.54, 1.807) is 0 Å². The van der Waals surface area contributed by atoms with Crippen LogP contribution in [0.15, 0.2) is 53.0 Å². The highest BCUT2D eigenvalue weighted by atomic mass is 79.9. The van der Waals surface area contributed by atoms with Crippen molar-refractivity contribution in [1.29, 1.82) is 0 Å². The van der Waals surface area contributed by atoms with Crippen LogP contribution in [0.1, 0.15) is 29.9 Å². The molecule has 2 aromatic rings. The number of hydrogen-bond acceptors (Lipinski definition) is 1. The summed E-state index contributed by atoms with van der Waals surface area (Å²) in [6.07, 6.45) is 2.46. The molecule has 0 bridgehead atoms. The molecule has 0 heterocycles. The predicted molar refractivity (Wildman–Crippen MR) is 84.7 cm³/mol. The summed E-state index contributed by atoms with van der Waals surface area (Å²) in [6, 6.07) is 17.8. The van der Waals surface area contributed by atoms with Crippen LogP contribution >= 0.6 is 15.9 Å². The number of anilines is 1. The average molecular weight is 316 g/mol. The second-order valence-corrected chi connectivity index (χ2v) is 6.19. The van der Waals surface area contributed by atoms with E-state index in [0.717, 1.165) is 5.92 Å². The summed E-state index contributed by atoms with van der Waals surface area (Å²) in [5.41, 5.74) is 4.03. The van der Waals surface area contributed by atoms with Gasteiger partial charge in [-0.2, -0.15) is 0 Å². The molecule has 1 saturated carbocycles. The maximum Gasteiger partial charge on any atom is 0.0383 e. The van der Waals surface area contributed by atoms with E-state index in [1.165, 1.54) is 34.1 Å². The van der Waals surface area contributed by atoms with E-state index in [-0.39, 0.29) is 0 Å².